The topological polar surface area (TPSA) is 94.7 Å². The molecule has 2 saturated heterocycles. The van der Waals surface area contributed by atoms with Gasteiger partial charge >= 0.3 is 0 Å². The molecule has 0 aliphatic carbocycles. The molecule has 2 aromatic rings. The van der Waals surface area contributed by atoms with Gasteiger partial charge in [0.2, 0.25) is 0 Å². The molecule has 0 radical (unpaired) electrons. The van der Waals surface area contributed by atoms with E-state index in [4.69, 9.17) is 14.5 Å². The van der Waals surface area contributed by atoms with E-state index < -0.39 is 0 Å². The highest BCUT2D eigenvalue weighted by Gasteiger charge is 2.16. The minimum absolute atomic E-state index is 0.466. The van der Waals surface area contributed by atoms with Crippen LogP contribution in [0.3, 0.4) is 0 Å². The van der Waals surface area contributed by atoms with E-state index in [2.05, 4.69) is 42.0 Å². The average Bonchev–Trinajstić information content (AvgIpc) is 3.22. The normalized spacial score (nSPS) is 19.2. The Morgan fingerprint density at radius 2 is 1.74 bits per heavy atom. The number of morpholine rings is 1. The van der Waals surface area contributed by atoms with Crippen molar-refractivity contribution in [2.24, 2.45) is 0 Å². The molecule has 0 spiro atoms. The molecule has 2 aliphatic rings. The van der Waals surface area contributed by atoms with E-state index in [1.807, 2.05) is 0 Å². The van der Waals surface area contributed by atoms with E-state index in [1.165, 1.54) is 26.2 Å². The molecule has 0 saturated carbocycles. The maximum atomic E-state index is 5.43. The molecule has 4 heterocycles. The van der Waals surface area contributed by atoms with Crippen LogP contribution in [0.15, 0.2) is 0 Å². The van der Waals surface area contributed by atoms with Gasteiger partial charge in [-0.3, -0.25) is 4.90 Å². The molecule has 4 rings (SSSR count). The monoisotopic (exact) mass is 432 g/mol. The molecule has 10 nitrogen and oxygen atoms in total. The predicted molar refractivity (Wildman–Crippen MR) is 121 cm³/mol. The van der Waals surface area contributed by atoms with Crippen LogP contribution in [-0.4, -0.2) is 121 Å². The van der Waals surface area contributed by atoms with Crippen molar-refractivity contribution in [2.45, 2.75) is 19.3 Å². The highest BCUT2D eigenvalue weighted by atomic mass is 16.5. The lowest BCUT2D eigenvalue weighted by atomic mass is 10.2. The van der Waals surface area contributed by atoms with Crippen molar-refractivity contribution in [3.63, 3.8) is 0 Å². The fourth-order valence-corrected chi connectivity index (χ4v) is 4.10. The fourth-order valence-electron chi connectivity index (χ4n) is 4.10. The van der Waals surface area contributed by atoms with Gasteiger partial charge in [-0.1, -0.05) is 0 Å². The van der Waals surface area contributed by atoms with Gasteiger partial charge in [0.15, 0.2) is 11.5 Å². The summed E-state index contributed by atoms with van der Waals surface area (Å²) in [6.07, 6.45) is 3.10. The molecule has 2 fully saturated rings. The van der Waals surface area contributed by atoms with E-state index >= 15 is 0 Å². The number of hydrogen-bond donors (Lipinski definition) is 2. The number of aromatic amines is 1. The molecule has 2 aliphatic heterocycles. The first-order chi connectivity index (χ1) is 15.2. The summed E-state index contributed by atoms with van der Waals surface area (Å²) in [5, 5.41) is 3.49. The van der Waals surface area contributed by atoms with Crippen LogP contribution in [0.5, 0.6) is 6.01 Å². The van der Waals surface area contributed by atoms with Crippen molar-refractivity contribution < 1.29 is 9.47 Å². The van der Waals surface area contributed by atoms with Crippen LogP contribution in [0, 0.1) is 0 Å². The van der Waals surface area contributed by atoms with Gasteiger partial charge in [-0.25, -0.2) is 9.97 Å². The van der Waals surface area contributed by atoms with Crippen molar-refractivity contribution in [2.75, 3.05) is 91.6 Å². The van der Waals surface area contributed by atoms with Crippen LogP contribution in [0.2, 0.25) is 0 Å². The summed E-state index contributed by atoms with van der Waals surface area (Å²) in [4.78, 5) is 24.5. The number of hydrogen-bond acceptors (Lipinski definition) is 9. The van der Waals surface area contributed by atoms with Gasteiger partial charge in [0.1, 0.15) is 11.3 Å². The van der Waals surface area contributed by atoms with E-state index in [0.717, 1.165) is 82.4 Å². The summed E-state index contributed by atoms with van der Waals surface area (Å²) in [5.41, 5.74) is 1.47. The number of aryl methyl sites for hydroxylation is 1. The van der Waals surface area contributed by atoms with E-state index in [-0.39, 0.29) is 0 Å². The molecule has 0 aromatic carbocycles. The molecule has 0 bridgehead atoms. The second-order valence-electron chi connectivity index (χ2n) is 8.42. The number of rotatable bonds is 10. The summed E-state index contributed by atoms with van der Waals surface area (Å²) in [6, 6.07) is 0.466. The van der Waals surface area contributed by atoms with Gasteiger partial charge in [0, 0.05) is 58.8 Å². The van der Waals surface area contributed by atoms with Crippen LogP contribution in [0.1, 0.15) is 18.7 Å². The average molecular weight is 433 g/mol. The Hall–Kier alpha value is -2.01. The first kappa shape index (κ1) is 22.2. The summed E-state index contributed by atoms with van der Waals surface area (Å²) >= 11 is 0. The van der Waals surface area contributed by atoms with E-state index in [9.17, 15) is 0 Å². The number of nitrogens with zero attached hydrogens (tertiary/aromatic N) is 6. The van der Waals surface area contributed by atoms with Gasteiger partial charge in [0.05, 0.1) is 20.3 Å². The Bertz CT molecular complexity index is 815. The lowest BCUT2D eigenvalue weighted by Crippen LogP contribution is -2.44. The highest BCUT2D eigenvalue weighted by molar-refractivity contribution is 5.83. The number of aromatic nitrogens is 4. The molecule has 2 N–H and O–H groups in total. The number of piperazine rings is 1. The second kappa shape index (κ2) is 11.0. The van der Waals surface area contributed by atoms with Crippen LogP contribution in [0.25, 0.3) is 11.2 Å². The molecular formula is C21H36N8O2. The Morgan fingerprint density at radius 3 is 2.52 bits per heavy atom. The Kier molecular flexibility index (Phi) is 7.90. The lowest BCUT2D eigenvalue weighted by molar-refractivity contribution is 0.0398. The van der Waals surface area contributed by atoms with Crippen LogP contribution in [0.4, 0.5) is 5.82 Å². The van der Waals surface area contributed by atoms with Gasteiger partial charge in [0.25, 0.3) is 6.01 Å². The Balaban J connectivity index is 1.32. The molecule has 0 unspecified atom stereocenters. The fraction of sp³-hybridized carbons (Fsp3) is 0.762. The second-order valence-corrected chi connectivity index (χ2v) is 8.42. The lowest BCUT2D eigenvalue weighted by Gasteiger charge is -2.32. The molecule has 0 amide bonds. The maximum absolute atomic E-state index is 5.43. The van der Waals surface area contributed by atoms with Gasteiger partial charge < -0.3 is 29.6 Å². The van der Waals surface area contributed by atoms with E-state index in [0.29, 0.717) is 11.7 Å². The summed E-state index contributed by atoms with van der Waals surface area (Å²) in [6.45, 7) is 11.2. The number of nitrogens with one attached hydrogen (secondary N) is 2. The molecule has 2 aromatic heterocycles. The summed E-state index contributed by atoms with van der Waals surface area (Å²) in [7, 11) is 3.80. The molecular weight excluding hydrogens is 396 g/mol. The molecule has 172 valence electrons. The number of imidazole rings is 1. The molecule has 31 heavy (non-hydrogen) atoms. The van der Waals surface area contributed by atoms with E-state index in [1.54, 1.807) is 7.11 Å². The third-order valence-electron chi connectivity index (χ3n) is 6.11. The number of methoxy groups -OCH3 is 1. The zero-order chi connectivity index (χ0) is 21.5. The first-order valence-electron chi connectivity index (χ1n) is 11.5. The zero-order valence-corrected chi connectivity index (χ0v) is 18.9. The first-order valence-corrected chi connectivity index (χ1v) is 11.5. The largest absolute Gasteiger partial charge is 0.468 e. The molecule has 0 atom stereocenters. The predicted octanol–water partition coefficient (Wildman–Crippen LogP) is 0.676. The Morgan fingerprint density at radius 1 is 0.968 bits per heavy atom. The SMILES string of the molecule is COc1nc2nc(CCCCN3CCN(C)CC3)nc(NCCN3CCOCC3)c2[nH]1. The Labute approximate surface area is 184 Å². The third-order valence-corrected chi connectivity index (χ3v) is 6.11. The van der Waals surface area contributed by atoms with Crippen molar-refractivity contribution in [1.82, 2.24) is 34.6 Å². The van der Waals surface area contributed by atoms with Crippen molar-refractivity contribution in [3.05, 3.63) is 5.82 Å². The minimum atomic E-state index is 0.466. The van der Waals surface area contributed by atoms with Crippen LogP contribution in [-0.2, 0) is 11.2 Å². The standard InChI is InChI=1S/C21H36N8O2/c1-27-9-11-28(12-10-27)7-4-3-5-17-23-19(18-20(24-17)26-21(25-18)30-2)22-6-8-29-13-15-31-16-14-29/h3-16H2,1-2H3,(H2,22,23,24,25,26). The van der Waals surface area contributed by atoms with Crippen molar-refractivity contribution >= 4 is 17.0 Å². The number of fused-ring (bicyclic) bond motifs is 1. The van der Waals surface area contributed by atoms with Gasteiger partial charge in [-0.15, -0.1) is 0 Å². The highest BCUT2D eigenvalue weighted by Crippen LogP contribution is 2.21. The third kappa shape index (κ3) is 6.25. The number of unbranched alkanes of at least 4 members (excludes halogenated alkanes) is 1. The maximum Gasteiger partial charge on any atom is 0.295 e. The zero-order valence-electron chi connectivity index (χ0n) is 18.9. The van der Waals surface area contributed by atoms with Crippen molar-refractivity contribution in [3.8, 4) is 6.01 Å². The van der Waals surface area contributed by atoms with Gasteiger partial charge in [-0.2, -0.15) is 4.98 Å². The van der Waals surface area contributed by atoms with Crippen molar-refractivity contribution in [1.29, 1.82) is 0 Å². The van der Waals surface area contributed by atoms with Gasteiger partial charge in [-0.05, 0) is 26.4 Å². The van der Waals surface area contributed by atoms with Crippen LogP contribution < -0.4 is 10.1 Å². The smallest absolute Gasteiger partial charge is 0.295 e. The van der Waals surface area contributed by atoms with Crippen LogP contribution >= 0.6 is 0 Å². The molecule has 10 heteroatoms. The quantitative estimate of drug-likeness (QED) is 0.526. The minimum Gasteiger partial charge on any atom is -0.468 e. The summed E-state index contributed by atoms with van der Waals surface area (Å²) in [5.74, 6) is 1.65. The number of ether oxygens (including phenoxy) is 2. The number of likely N-dealkylation sites (N-methyl/N-ethyl adjacent to an activating group) is 1. The summed E-state index contributed by atoms with van der Waals surface area (Å²) < 4.78 is 10.7. The number of H-pyrrole nitrogens is 1. The number of anilines is 1.